The van der Waals surface area contributed by atoms with Crippen LogP contribution in [-0.4, -0.2) is 12.6 Å². The molecule has 0 aromatic rings. The fourth-order valence-corrected chi connectivity index (χ4v) is 1.50. The van der Waals surface area contributed by atoms with Crippen LogP contribution in [-0.2, 0) is 9.53 Å². The van der Waals surface area contributed by atoms with Gasteiger partial charge in [0.05, 0.1) is 12.2 Å². The standard InChI is InChI=1S/C11H14BrNO2/c1-3-9(11(14)15-4-2)10-6-5-8(12)7-13-10/h5-7,13H,3-4H2,1-2H3/b10-9+. The first kappa shape index (κ1) is 12.0. The van der Waals surface area contributed by atoms with Crippen LogP contribution in [0.3, 0.4) is 0 Å². The zero-order valence-electron chi connectivity index (χ0n) is 8.84. The lowest BCUT2D eigenvalue weighted by Gasteiger charge is -2.13. The van der Waals surface area contributed by atoms with Crippen molar-refractivity contribution >= 4 is 21.9 Å². The Bertz CT molecular complexity index is 342. The highest BCUT2D eigenvalue weighted by molar-refractivity contribution is 9.11. The lowest BCUT2D eigenvalue weighted by atomic mass is 10.1. The van der Waals surface area contributed by atoms with Gasteiger partial charge in [-0.25, -0.2) is 4.79 Å². The van der Waals surface area contributed by atoms with Gasteiger partial charge >= 0.3 is 5.97 Å². The summed E-state index contributed by atoms with van der Waals surface area (Å²) in [4.78, 5) is 11.6. The molecular weight excluding hydrogens is 258 g/mol. The summed E-state index contributed by atoms with van der Waals surface area (Å²) in [6.07, 6.45) is 6.20. The second-order valence-corrected chi connectivity index (χ2v) is 3.89. The molecule has 0 saturated carbocycles. The van der Waals surface area contributed by atoms with Gasteiger partial charge in [0.15, 0.2) is 0 Å². The number of rotatable bonds is 3. The maximum absolute atomic E-state index is 11.6. The lowest BCUT2D eigenvalue weighted by Crippen LogP contribution is -2.16. The summed E-state index contributed by atoms with van der Waals surface area (Å²) in [5.74, 6) is -0.251. The number of esters is 1. The minimum Gasteiger partial charge on any atom is -0.463 e. The van der Waals surface area contributed by atoms with Crippen LogP contribution in [0.4, 0.5) is 0 Å². The van der Waals surface area contributed by atoms with E-state index < -0.39 is 0 Å². The van der Waals surface area contributed by atoms with Crippen molar-refractivity contribution in [2.45, 2.75) is 20.3 Å². The Morgan fingerprint density at radius 1 is 1.47 bits per heavy atom. The third kappa shape index (κ3) is 3.23. The van der Waals surface area contributed by atoms with E-state index in [4.69, 9.17) is 4.74 Å². The quantitative estimate of drug-likeness (QED) is 0.634. The molecule has 1 aliphatic rings. The summed E-state index contributed by atoms with van der Waals surface area (Å²) in [6.45, 7) is 4.14. The predicted molar refractivity (Wildman–Crippen MR) is 63.2 cm³/mol. The number of halogens is 1. The summed E-state index contributed by atoms with van der Waals surface area (Å²) in [5, 5.41) is 3.04. The second kappa shape index (κ2) is 5.75. The van der Waals surface area contributed by atoms with Crippen molar-refractivity contribution < 1.29 is 9.53 Å². The molecule has 0 saturated heterocycles. The van der Waals surface area contributed by atoms with Crippen LogP contribution in [0.1, 0.15) is 20.3 Å². The summed E-state index contributed by atoms with van der Waals surface area (Å²) in [6, 6.07) is 0. The van der Waals surface area contributed by atoms with Gasteiger partial charge in [-0.1, -0.05) is 6.92 Å². The fourth-order valence-electron chi connectivity index (χ4n) is 1.26. The number of carbonyl (C=O) groups excluding carboxylic acids is 1. The monoisotopic (exact) mass is 271 g/mol. The maximum atomic E-state index is 11.6. The molecule has 1 aliphatic heterocycles. The van der Waals surface area contributed by atoms with Gasteiger partial charge in [-0.3, -0.25) is 0 Å². The molecule has 82 valence electrons. The third-order valence-corrected chi connectivity index (χ3v) is 2.47. The van der Waals surface area contributed by atoms with Crippen molar-refractivity contribution in [2.75, 3.05) is 6.61 Å². The van der Waals surface area contributed by atoms with Crippen molar-refractivity contribution in [3.05, 3.63) is 34.1 Å². The van der Waals surface area contributed by atoms with Gasteiger partial charge in [0, 0.05) is 16.4 Å². The second-order valence-electron chi connectivity index (χ2n) is 2.97. The molecule has 1 heterocycles. The number of hydrogen-bond donors (Lipinski definition) is 1. The van der Waals surface area contributed by atoms with Crippen LogP contribution in [0.25, 0.3) is 0 Å². The fraction of sp³-hybridized carbons (Fsp3) is 0.364. The molecule has 0 atom stereocenters. The normalized spacial score (nSPS) is 17.9. The molecule has 0 aromatic carbocycles. The van der Waals surface area contributed by atoms with E-state index in [1.807, 2.05) is 19.1 Å². The van der Waals surface area contributed by atoms with Crippen molar-refractivity contribution in [1.82, 2.24) is 5.32 Å². The molecule has 0 unspecified atom stereocenters. The molecule has 3 nitrogen and oxygen atoms in total. The summed E-state index contributed by atoms with van der Waals surface area (Å²) >= 11 is 3.33. The lowest BCUT2D eigenvalue weighted by molar-refractivity contribution is -0.138. The first-order chi connectivity index (χ1) is 7.19. The summed E-state index contributed by atoms with van der Waals surface area (Å²) in [7, 11) is 0. The van der Waals surface area contributed by atoms with E-state index >= 15 is 0 Å². The first-order valence-electron chi connectivity index (χ1n) is 4.89. The Morgan fingerprint density at radius 3 is 2.67 bits per heavy atom. The number of dihydropyridines is 1. The smallest absolute Gasteiger partial charge is 0.336 e. The highest BCUT2D eigenvalue weighted by Gasteiger charge is 2.13. The molecular formula is C11H14BrNO2. The maximum Gasteiger partial charge on any atom is 0.336 e. The largest absolute Gasteiger partial charge is 0.463 e. The molecule has 0 bridgehead atoms. The van der Waals surface area contributed by atoms with Gasteiger partial charge in [-0.05, 0) is 41.4 Å². The zero-order valence-corrected chi connectivity index (χ0v) is 10.4. The minimum atomic E-state index is -0.251. The number of allylic oxidation sites excluding steroid dienone is 3. The highest BCUT2D eigenvalue weighted by Crippen LogP contribution is 2.17. The average Bonchev–Trinajstić information content (AvgIpc) is 2.22. The topological polar surface area (TPSA) is 38.3 Å². The first-order valence-corrected chi connectivity index (χ1v) is 5.68. The number of hydrogen-bond acceptors (Lipinski definition) is 3. The molecule has 15 heavy (non-hydrogen) atoms. The van der Waals surface area contributed by atoms with E-state index in [9.17, 15) is 4.79 Å². The van der Waals surface area contributed by atoms with E-state index in [0.717, 1.165) is 10.2 Å². The van der Waals surface area contributed by atoms with E-state index in [1.54, 1.807) is 13.1 Å². The van der Waals surface area contributed by atoms with Crippen LogP contribution >= 0.6 is 15.9 Å². The Hall–Kier alpha value is -1.03. The molecule has 0 aliphatic carbocycles. The van der Waals surface area contributed by atoms with Crippen molar-refractivity contribution in [2.24, 2.45) is 0 Å². The van der Waals surface area contributed by atoms with Gasteiger partial charge in [0.1, 0.15) is 0 Å². The number of ether oxygens (including phenoxy) is 1. The number of carbonyl (C=O) groups is 1. The van der Waals surface area contributed by atoms with Crippen LogP contribution in [0, 0.1) is 0 Å². The average molecular weight is 272 g/mol. The molecule has 0 fully saturated rings. The Kier molecular flexibility index (Phi) is 4.62. The van der Waals surface area contributed by atoms with E-state index in [-0.39, 0.29) is 5.97 Å². The number of nitrogens with one attached hydrogen (secondary N) is 1. The van der Waals surface area contributed by atoms with Crippen LogP contribution < -0.4 is 5.32 Å². The minimum absolute atomic E-state index is 0.251. The molecule has 0 radical (unpaired) electrons. The van der Waals surface area contributed by atoms with Gasteiger partial charge in [-0.2, -0.15) is 0 Å². The van der Waals surface area contributed by atoms with E-state index in [0.29, 0.717) is 18.6 Å². The molecule has 1 rings (SSSR count). The molecule has 4 heteroatoms. The van der Waals surface area contributed by atoms with Gasteiger partial charge in [0.25, 0.3) is 0 Å². The molecule has 0 spiro atoms. The third-order valence-electron chi connectivity index (χ3n) is 1.98. The molecule has 0 aromatic heterocycles. The molecule has 1 N–H and O–H groups in total. The van der Waals surface area contributed by atoms with Gasteiger partial charge in [-0.15, -0.1) is 0 Å². The predicted octanol–water partition coefficient (Wildman–Crippen LogP) is 2.61. The zero-order chi connectivity index (χ0) is 11.3. The van der Waals surface area contributed by atoms with E-state index in [1.165, 1.54) is 0 Å². The van der Waals surface area contributed by atoms with Gasteiger partial charge < -0.3 is 10.1 Å². The molecule has 0 amide bonds. The van der Waals surface area contributed by atoms with Crippen molar-refractivity contribution in [1.29, 1.82) is 0 Å². The van der Waals surface area contributed by atoms with Crippen molar-refractivity contribution in [3.8, 4) is 0 Å². The van der Waals surface area contributed by atoms with Crippen molar-refractivity contribution in [3.63, 3.8) is 0 Å². The van der Waals surface area contributed by atoms with Crippen LogP contribution in [0.5, 0.6) is 0 Å². The summed E-state index contributed by atoms with van der Waals surface area (Å²) in [5.41, 5.74) is 1.48. The van der Waals surface area contributed by atoms with Crippen LogP contribution in [0.15, 0.2) is 34.1 Å². The van der Waals surface area contributed by atoms with Gasteiger partial charge in [0.2, 0.25) is 0 Å². The van der Waals surface area contributed by atoms with E-state index in [2.05, 4.69) is 21.2 Å². The summed E-state index contributed by atoms with van der Waals surface area (Å²) < 4.78 is 5.92. The Morgan fingerprint density at radius 2 is 2.20 bits per heavy atom. The SMILES string of the molecule is CCOC(=O)/C(CC)=C1\C=CC(Br)=CN1. The highest BCUT2D eigenvalue weighted by atomic mass is 79.9. The Labute approximate surface area is 98.0 Å². The Balaban J connectivity index is 2.86. The van der Waals surface area contributed by atoms with Crippen LogP contribution in [0.2, 0.25) is 0 Å².